The van der Waals surface area contributed by atoms with Crippen molar-refractivity contribution >= 4 is 17.5 Å². The topological polar surface area (TPSA) is 70.2 Å². The van der Waals surface area contributed by atoms with Gasteiger partial charge in [0.1, 0.15) is 17.5 Å². The van der Waals surface area contributed by atoms with Gasteiger partial charge in [-0.3, -0.25) is 4.79 Å². The van der Waals surface area contributed by atoms with Gasteiger partial charge in [-0.25, -0.2) is 9.97 Å². The highest BCUT2D eigenvalue weighted by atomic mass is 16.2. The van der Waals surface area contributed by atoms with Crippen molar-refractivity contribution in [2.45, 2.75) is 38.6 Å². The van der Waals surface area contributed by atoms with Crippen molar-refractivity contribution in [1.82, 2.24) is 15.3 Å². The van der Waals surface area contributed by atoms with E-state index in [1.807, 2.05) is 25.1 Å². The van der Waals surface area contributed by atoms with E-state index in [0.717, 1.165) is 43.1 Å². The highest BCUT2D eigenvalue weighted by molar-refractivity contribution is 5.81. The quantitative estimate of drug-likeness (QED) is 0.783. The molecule has 2 N–H and O–H groups in total. The Morgan fingerprint density at radius 1 is 1.45 bits per heavy atom. The summed E-state index contributed by atoms with van der Waals surface area (Å²) in [5.74, 6) is 2.42. The van der Waals surface area contributed by atoms with Crippen molar-refractivity contribution in [2.24, 2.45) is 0 Å². The highest BCUT2D eigenvalue weighted by Gasteiger charge is 2.23. The molecule has 1 aromatic rings. The fourth-order valence-corrected chi connectivity index (χ4v) is 1.94. The third-order valence-electron chi connectivity index (χ3n) is 3.20. The number of rotatable bonds is 7. The summed E-state index contributed by atoms with van der Waals surface area (Å²) in [6.45, 7) is 2.42. The van der Waals surface area contributed by atoms with Crippen LogP contribution in [0.5, 0.6) is 0 Å². The van der Waals surface area contributed by atoms with E-state index in [-0.39, 0.29) is 5.91 Å². The Morgan fingerprint density at radius 3 is 2.80 bits per heavy atom. The van der Waals surface area contributed by atoms with Gasteiger partial charge in [-0.1, -0.05) is 6.92 Å². The van der Waals surface area contributed by atoms with Gasteiger partial charge >= 0.3 is 0 Å². The molecule has 6 heteroatoms. The van der Waals surface area contributed by atoms with Crippen LogP contribution in [0.2, 0.25) is 0 Å². The van der Waals surface area contributed by atoms with Crippen LogP contribution < -0.4 is 15.5 Å². The SMILES string of the molecule is CCCc1nc(NC)cc(N(C)CC(=O)NC2CC2)n1. The van der Waals surface area contributed by atoms with Crippen LogP contribution in [0.4, 0.5) is 11.6 Å². The van der Waals surface area contributed by atoms with Crippen LogP contribution >= 0.6 is 0 Å². The van der Waals surface area contributed by atoms with Crippen LogP contribution in [0, 0.1) is 0 Å². The molecular formula is C14H23N5O. The Morgan fingerprint density at radius 2 is 2.20 bits per heavy atom. The minimum absolute atomic E-state index is 0.0525. The molecule has 6 nitrogen and oxygen atoms in total. The van der Waals surface area contributed by atoms with Crippen LogP contribution in [0.1, 0.15) is 32.0 Å². The van der Waals surface area contributed by atoms with E-state index >= 15 is 0 Å². The maximum Gasteiger partial charge on any atom is 0.239 e. The molecule has 1 aliphatic rings. The van der Waals surface area contributed by atoms with Gasteiger partial charge in [0, 0.05) is 32.6 Å². The second-order valence-electron chi connectivity index (χ2n) is 5.23. The third-order valence-corrected chi connectivity index (χ3v) is 3.20. The largest absolute Gasteiger partial charge is 0.373 e. The zero-order valence-corrected chi connectivity index (χ0v) is 12.4. The normalized spacial score (nSPS) is 13.9. The summed E-state index contributed by atoms with van der Waals surface area (Å²) in [6, 6.07) is 2.26. The van der Waals surface area contributed by atoms with Gasteiger partial charge in [0.05, 0.1) is 6.54 Å². The molecule has 1 fully saturated rings. The number of amides is 1. The van der Waals surface area contributed by atoms with E-state index in [9.17, 15) is 4.79 Å². The first-order valence-electron chi connectivity index (χ1n) is 7.18. The van der Waals surface area contributed by atoms with Gasteiger partial charge < -0.3 is 15.5 Å². The molecule has 0 spiro atoms. The molecule has 0 aliphatic heterocycles. The molecule has 0 unspecified atom stereocenters. The van der Waals surface area contributed by atoms with E-state index in [0.29, 0.717) is 12.6 Å². The predicted octanol–water partition coefficient (Wildman–Crippen LogP) is 1.19. The van der Waals surface area contributed by atoms with Crippen molar-refractivity contribution < 1.29 is 4.79 Å². The Hall–Kier alpha value is -1.85. The number of likely N-dealkylation sites (N-methyl/N-ethyl adjacent to an activating group) is 1. The van der Waals surface area contributed by atoms with Gasteiger partial charge in [-0.2, -0.15) is 0 Å². The van der Waals surface area contributed by atoms with Crippen molar-refractivity contribution in [2.75, 3.05) is 30.9 Å². The Labute approximate surface area is 120 Å². The van der Waals surface area contributed by atoms with Gasteiger partial charge in [-0.15, -0.1) is 0 Å². The molecule has 1 saturated carbocycles. The van der Waals surface area contributed by atoms with Crippen LogP contribution in [0.15, 0.2) is 6.07 Å². The first-order valence-corrected chi connectivity index (χ1v) is 7.18. The van der Waals surface area contributed by atoms with E-state index in [4.69, 9.17) is 0 Å². The molecule has 0 saturated heterocycles. The Balaban J connectivity index is 2.04. The molecule has 110 valence electrons. The number of nitrogens with zero attached hydrogens (tertiary/aromatic N) is 3. The number of hydrogen-bond acceptors (Lipinski definition) is 5. The average Bonchev–Trinajstić information content (AvgIpc) is 3.22. The van der Waals surface area contributed by atoms with E-state index < -0.39 is 0 Å². The van der Waals surface area contributed by atoms with Gasteiger partial charge in [-0.05, 0) is 19.3 Å². The summed E-state index contributed by atoms with van der Waals surface area (Å²) in [4.78, 5) is 22.6. The predicted molar refractivity (Wildman–Crippen MR) is 80.0 cm³/mol. The number of nitrogens with one attached hydrogen (secondary N) is 2. The van der Waals surface area contributed by atoms with Crippen LogP contribution in [0.25, 0.3) is 0 Å². The van der Waals surface area contributed by atoms with Crippen molar-refractivity contribution in [1.29, 1.82) is 0 Å². The Kier molecular flexibility index (Phi) is 4.76. The lowest BCUT2D eigenvalue weighted by Crippen LogP contribution is -2.36. The van der Waals surface area contributed by atoms with Crippen LogP contribution in [0.3, 0.4) is 0 Å². The van der Waals surface area contributed by atoms with Gasteiger partial charge in [0.25, 0.3) is 0 Å². The highest BCUT2D eigenvalue weighted by Crippen LogP contribution is 2.19. The van der Waals surface area contributed by atoms with E-state index in [2.05, 4.69) is 27.5 Å². The smallest absolute Gasteiger partial charge is 0.239 e. The Bertz CT molecular complexity index is 473. The molecule has 0 bridgehead atoms. The standard InChI is InChI=1S/C14H23N5O/c1-4-5-11-17-12(15-2)8-13(18-11)19(3)9-14(20)16-10-6-7-10/h8,10H,4-7,9H2,1-3H3,(H,16,20)(H,15,17,18). The van der Waals surface area contributed by atoms with Crippen molar-refractivity contribution in [3.63, 3.8) is 0 Å². The molecule has 20 heavy (non-hydrogen) atoms. The second kappa shape index (κ2) is 6.54. The van der Waals surface area contributed by atoms with Crippen molar-refractivity contribution in [3.8, 4) is 0 Å². The number of carbonyl (C=O) groups excluding carboxylic acids is 1. The summed E-state index contributed by atoms with van der Waals surface area (Å²) >= 11 is 0. The molecule has 0 radical (unpaired) electrons. The minimum atomic E-state index is 0.0525. The number of aromatic nitrogens is 2. The number of anilines is 2. The zero-order valence-electron chi connectivity index (χ0n) is 12.4. The lowest BCUT2D eigenvalue weighted by atomic mass is 10.3. The maximum atomic E-state index is 11.8. The van der Waals surface area contributed by atoms with Crippen molar-refractivity contribution in [3.05, 3.63) is 11.9 Å². The summed E-state index contributed by atoms with van der Waals surface area (Å²) < 4.78 is 0. The molecule has 1 aromatic heterocycles. The van der Waals surface area contributed by atoms with Gasteiger partial charge in [0.2, 0.25) is 5.91 Å². The van der Waals surface area contributed by atoms with Crippen LogP contribution in [-0.4, -0.2) is 42.6 Å². The lowest BCUT2D eigenvalue weighted by molar-refractivity contribution is -0.119. The fraction of sp³-hybridized carbons (Fsp3) is 0.643. The van der Waals surface area contributed by atoms with Gasteiger partial charge in [0.15, 0.2) is 0 Å². The summed E-state index contributed by atoms with van der Waals surface area (Å²) in [5.41, 5.74) is 0. The molecular weight excluding hydrogens is 254 g/mol. The number of carbonyl (C=O) groups is 1. The number of aryl methyl sites for hydroxylation is 1. The number of hydrogen-bond donors (Lipinski definition) is 2. The molecule has 0 atom stereocenters. The molecule has 1 amide bonds. The monoisotopic (exact) mass is 277 g/mol. The first-order chi connectivity index (χ1) is 9.62. The van der Waals surface area contributed by atoms with E-state index in [1.165, 1.54) is 0 Å². The molecule has 2 rings (SSSR count). The summed E-state index contributed by atoms with van der Waals surface area (Å²) in [6.07, 6.45) is 4.05. The maximum absolute atomic E-state index is 11.8. The van der Waals surface area contributed by atoms with Crippen LogP contribution in [-0.2, 0) is 11.2 Å². The zero-order chi connectivity index (χ0) is 14.5. The molecule has 1 aliphatic carbocycles. The minimum Gasteiger partial charge on any atom is -0.373 e. The first kappa shape index (κ1) is 14.6. The second-order valence-corrected chi connectivity index (χ2v) is 5.23. The lowest BCUT2D eigenvalue weighted by Gasteiger charge is -2.19. The average molecular weight is 277 g/mol. The third kappa shape index (κ3) is 4.08. The molecule has 0 aromatic carbocycles. The van der Waals surface area contributed by atoms with E-state index in [1.54, 1.807) is 0 Å². The fourth-order valence-electron chi connectivity index (χ4n) is 1.94. The summed E-state index contributed by atoms with van der Waals surface area (Å²) in [5, 5.41) is 6.02. The molecule has 1 heterocycles. The summed E-state index contributed by atoms with van der Waals surface area (Å²) in [7, 11) is 3.71.